The Morgan fingerprint density at radius 1 is 1.26 bits per heavy atom. The van der Waals surface area contributed by atoms with Crippen LogP contribution in [0.4, 0.5) is 0 Å². The Morgan fingerprint density at radius 2 is 1.87 bits per heavy atom. The van der Waals surface area contributed by atoms with Crippen molar-refractivity contribution in [3.8, 4) is 17.6 Å². The summed E-state index contributed by atoms with van der Waals surface area (Å²) in [4.78, 5) is 14.6. The number of methoxy groups -OCH3 is 2. The van der Waals surface area contributed by atoms with E-state index in [1.807, 2.05) is 0 Å². The second-order valence-corrected chi connectivity index (χ2v) is 6.73. The molecule has 1 rings (SSSR count). The lowest BCUT2D eigenvalue weighted by molar-refractivity contribution is 0.0750. The molecule has 1 aromatic rings. The van der Waals surface area contributed by atoms with E-state index in [0.717, 1.165) is 9.99 Å². The largest absolute Gasteiger partial charge is 0.493 e. The third kappa shape index (κ3) is 5.57. The quantitative estimate of drug-likeness (QED) is 0.590. The first-order valence-electron chi connectivity index (χ1n) is 7.52. The van der Waals surface area contributed by atoms with Crippen LogP contribution < -0.4 is 9.47 Å². The minimum absolute atomic E-state index is 0.0775. The molecule has 0 fully saturated rings. The SMILES string of the molecule is COc1cc(I)c(C(=O)N(CCC#N)CCC(C)C)cc1OC. The summed E-state index contributed by atoms with van der Waals surface area (Å²) in [5, 5.41) is 8.82. The molecule has 126 valence electrons. The summed E-state index contributed by atoms with van der Waals surface area (Å²) in [7, 11) is 3.11. The van der Waals surface area contributed by atoms with Gasteiger partial charge < -0.3 is 14.4 Å². The lowest BCUT2D eigenvalue weighted by Crippen LogP contribution is -2.34. The molecule has 0 N–H and O–H groups in total. The standard InChI is InChI=1S/C17H23IN2O3/c1-12(2)6-9-20(8-5-7-19)17(21)13-10-15(22-3)16(23-4)11-14(13)18/h10-12H,5-6,8-9H2,1-4H3. The van der Waals surface area contributed by atoms with Gasteiger partial charge in [0.2, 0.25) is 0 Å². The Bertz CT molecular complexity index is 582. The highest BCUT2D eigenvalue weighted by atomic mass is 127. The maximum Gasteiger partial charge on any atom is 0.255 e. The predicted molar refractivity (Wildman–Crippen MR) is 97.9 cm³/mol. The molecule has 1 amide bonds. The maximum atomic E-state index is 12.9. The number of carbonyl (C=O) groups is 1. The molecule has 0 spiro atoms. The third-order valence-electron chi connectivity index (χ3n) is 3.46. The first kappa shape index (κ1) is 19.6. The van der Waals surface area contributed by atoms with Gasteiger partial charge in [-0.25, -0.2) is 0 Å². The topological polar surface area (TPSA) is 62.6 Å². The zero-order valence-electron chi connectivity index (χ0n) is 14.1. The van der Waals surface area contributed by atoms with Gasteiger partial charge >= 0.3 is 0 Å². The number of benzene rings is 1. The van der Waals surface area contributed by atoms with Gasteiger partial charge in [-0.15, -0.1) is 0 Å². The fraction of sp³-hybridized carbons (Fsp3) is 0.529. The number of halogens is 1. The van der Waals surface area contributed by atoms with E-state index in [2.05, 4.69) is 42.5 Å². The molecule has 0 aliphatic carbocycles. The zero-order valence-corrected chi connectivity index (χ0v) is 16.2. The van der Waals surface area contributed by atoms with E-state index in [1.54, 1.807) is 31.3 Å². The van der Waals surface area contributed by atoms with Gasteiger partial charge in [-0.2, -0.15) is 5.26 Å². The van der Waals surface area contributed by atoms with Crippen molar-refractivity contribution in [2.24, 2.45) is 5.92 Å². The van der Waals surface area contributed by atoms with Crippen molar-refractivity contribution in [2.45, 2.75) is 26.7 Å². The number of rotatable bonds is 8. The van der Waals surface area contributed by atoms with Crippen molar-refractivity contribution in [1.82, 2.24) is 4.90 Å². The van der Waals surface area contributed by atoms with Crippen molar-refractivity contribution in [2.75, 3.05) is 27.3 Å². The van der Waals surface area contributed by atoms with Gasteiger partial charge in [-0.3, -0.25) is 4.79 Å². The highest BCUT2D eigenvalue weighted by molar-refractivity contribution is 14.1. The summed E-state index contributed by atoms with van der Waals surface area (Å²) in [5.41, 5.74) is 0.574. The highest BCUT2D eigenvalue weighted by Gasteiger charge is 2.21. The molecule has 0 heterocycles. The van der Waals surface area contributed by atoms with Crippen molar-refractivity contribution in [3.05, 3.63) is 21.3 Å². The molecule has 1 aromatic carbocycles. The lowest BCUT2D eigenvalue weighted by Gasteiger charge is -2.23. The smallest absolute Gasteiger partial charge is 0.255 e. The molecule has 0 saturated carbocycles. The molecule has 23 heavy (non-hydrogen) atoms. The van der Waals surface area contributed by atoms with Gasteiger partial charge in [0.05, 0.1) is 32.3 Å². The van der Waals surface area contributed by atoms with Gasteiger partial charge in [-0.1, -0.05) is 13.8 Å². The fourth-order valence-corrected chi connectivity index (χ4v) is 2.77. The van der Waals surface area contributed by atoms with Crippen molar-refractivity contribution in [3.63, 3.8) is 0 Å². The number of nitrogens with zero attached hydrogens (tertiary/aromatic N) is 2. The van der Waals surface area contributed by atoms with Crippen molar-refractivity contribution in [1.29, 1.82) is 5.26 Å². The van der Waals surface area contributed by atoms with Crippen molar-refractivity contribution < 1.29 is 14.3 Å². The van der Waals surface area contributed by atoms with Crippen LogP contribution in [0.15, 0.2) is 12.1 Å². The Morgan fingerprint density at radius 3 is 2.39 bits per heavy atom. The van der Waals surface area contributed by atoms with Crippen LogP contribution in [-0.4, -0.2) is 38.1 Å². The molecular weight excluding hydrogens is 407 g/mol. The number of hydrogen-bond donors (Lipinski definition) is 0. The molecular formula is C17H23IN2O3. The van der Waals surface area contributed by atoms with Crippen LogP contribution in [0.25, 0.3) is 0 Å². The van der Waals surface area contributed by atoms with Crippen LogP contribution in [0.2, 0.25) is 0 Å². The molecule has 0 unspecified atom stereocenters. The highest BCUT2D eigenvalue weighted by Crippen LogP contribution is 2.32. The van der Waals surface area contributed by atoms with Gasteiger partial charge in [-0.05, 0) is 47.1 Å². The average Bonchev–Trinajstić information content (AvgIpc) is 2.53. The van der Waals surface area contributed by atoms with E-state index in [-0.39, 0.29) is 5.91 Å². The van der Waals surface area contributed by atoms with E-state index in [4.69, 9.17) is 14.7 Å². The summed E-state index contributed by atoms with van der Waals surface area (Å²) in [6.07, 6.45) is 1.23. The van der Waals surface area contributed by atoms with Gasteiger partial charge in [0.25, 0.3) is 5.91 Å². The van der Waals surface area contributed by atoms with Crippen LogP contribution in [0.3, 0.4) is 0 Å². The second-order valence-electron chi connectivity index (χ2n) is 5.57. The Kier molecular flexibility index (Phi) is 8.17. The van der Waals surface area contributed by atoms with E-state index in [1.165, 1.54) is 0 Å². The van der Waals surface area contributed by atoms with E-state index >= 15 is 0 Å². The molecule has 0 aliphatic rings. The van der Waals surface area contributed by atoms with Gasteiger partial charge in [0, 0.05) is 16.7 Å². The molecule has 0 bridgehead atoms. The minimum Gasteiger partial charge on any atom is -0.493 e. The van der Waals surface area contributed by atoms with Crippen molar-refractivity contribution >= 4 is 28.5 Å². The average molecular weight is 430 g/mol. The van der Waals surface area contributed by atoms with Crippen LogP contribution in [0.1, 0.15) is 37.0 Å². The third-order valence-corrected chi connectivity index (χ3v) is 4.35. The number of carbonyl (C=O) groups excluding carboxylic acids is 1. The lowest BCUT2D eigenvalue weighted by atomic mass is 10.1. The first-order valence-corrected chi connectivity index (χ1v) is 8.60. The maximum absolute atomic E-state index is 12.9. The number of ether oxygens (including phenoxy) is 2. The van der Waals surface area contributed by atoms with Crippen LogP contribution in [-0.2, 0) is 0 Å². The zero-order chi connectivity index (χ0) is 17.4. The number of hydrogen-bond acceptors (Lipinski definition) is 4. The predicted octanol–water partition coefficient (Wildman–Crippen LogP) is 3.71. The molecule has 0 radical (unpaired) electrons. The summed E-state index contributed by atoms with van der Waals surface area (Å²) in [6, 6.07) is 5.60. The molecule has 6 heteroatoms. The summed E-state index contributed by atoms with van der Waals surface area (Å²) < 4.78 is 11.4. The Labute approximate surface area is 151 Å². The van der Waals surface area contributed by atoms with Gasteiger partial charge in [0.15, 0.2) is 11.5 Å². The first-order chi connectivity index (χ1) is 10.9. The Hall–Kier alpha value is -1.49. The summed E-state index contributed by atoms with van der Waals surface area (Å²) >= 11 is 2.12. The van der Waals surface area contributed by atoms with E-state index in [0.29, 0.717) is 42.5 Å². The number of amides is 1. The van der Waals surface area contributed by atoms with E-state index < -0.39 is 0 Å². The molecule has 0 aromatic heterocycles. The fourth-order valence-electron chi connectivity index (χ4n) is 2.10. The van der Waals surface area contributed by atoms with Crippen LogP contribution in [0, 0.1) is 20.8 Å². The molecule has 0 aliphatic heterocycles. The summed E-state index contributed by atoms with van der Waals surface area (Å²) in [6.45, 7) is 5.31. The van der Waals surface area contributed by atoms with E-state index in [9.17, 15) is 4.79 Å². The Balaban J connectivity index is 3.09. The summed E-state index contributed by atoms with van der Waals surface area (Å²) in [5.74, 6) is 1.54. The number of nitriles is 1. The van der Waals surface area contributed by atoms with Crippen LogP contribution >= 0.6 is 22.6 Å². The monoisotopic (exact) mass is 430 g/mol. The van der Waals surface area contributed by atoms with Crippen LogP contribution in [0.5, 0.6) is 11.5 Å². The molecule has 0 saturated heterocycles. The molecule has 5 nitrogen and oxygen atoms in total. The molecule has 0 atom stereocenters. The minimum atomic E-state index is -0.0775. The second kappa shape index (κ2) is 9.60. The van der Waals surface area contributed by atoms with Gasteiger partial charge in [0.1, 0.15) is 0 Å². The normalized spacial score (nSPS) is 10.3.